The maximum atomic E-state index is 5.38. The van der Waals surface area contributed by atoms with Crippen LogP contribution in [0.2, 0.25) is 6.04 Å². The van der Waals surface area contributed by atoms with Crippen molar-refractivity contribution in [2.24, 2.45) is 0 Å². The molecule has 72 valence electrons. The first kappa shape index (κ1) is 10.3. The van der Waals surface area contributed by atoms with Gasteiger partial charge in [-0.25, -0.2) is 0 Å². The molecule has 1 aromatic rings. The smallest absolute Gasteiger partial charge is 0.119 e. The Morgan fingerprint density at radius 3 is 2.38 bits per heavy atom. The minimum absolute atomic E-state index is 0.00308. The van der Waals surface area contributed by atoms with Crippen molar-refractivity contribution < 1.29 is 4.74 Å². The van der Waals surface area contributed by atoms with Crippen molar-refractivity contribution in [2.75, 3.05) is 6.61 Å². The summed E-state index contributed by atoms with van der Waals surface area (Å²) in [5, 5.41) is 1.55. The number of ether oxygens (including phenoxy) is 1. The zero-order chi connectivity index (χ0) is 9.52. The first-order chi connectivity index (χ1) is 6.36. The molecule has 0 heterocycles. The molecule has 2 heteroatoms. The second kappa shape index (κ2) is 5.81. The highest BCUT2D eigenvalue weighted by molar-refractivity contribution is 6.53. The van der Waals surface area contributed by atoms with E-state index in [0.717, 1.165) is 12.4 Å². The van der Waals surface area contributed by atoms with E-state index < -0.39 is 0 Å². The van der Waals surface area contributed by atoms with Crippen LogP contribution in [0.4, 0.5) is 0 Å². The fraction of sp³-hybridized carbons (Fsp3) is 0.455. The third-order valence-electron chi connectivity index (χ3n) is 2.05. The topological polar surface area (TPSA) is 9.23 Å². The van der Waals surface area contributed by atoms with Crippen LogP contribution >= 0.6 is 0 Å². The van der Waals surface area contributed by atoms with Gasteiger partial charge in [0.05, 0.1) is 16.1 Å². The molecule has 0 fully saturated rings. The molecule has 0 saturated carbocycles. The second-order valence-electron chi connectivity index (χ2n) is 3.18. The Hall–Kier alpha value is -0.763. The lowest BCUT2D eigenvalue weighted by molar-refractivity contribution is 0.340. The summed E-state index contributed by atoms with van der Waals surface area (Å²) in [6, 6.07) is 10.0. The van der Waals surface area contributed by atoms with Crippen molar-refractivity contribution in [1.82, 2.24) is 0 Å². The van der Waals surface area contributed by atoms with Crippen LogP contribution in [-0.2, 0) is 0 Å². The normalized spacial score (nSPS) is 10.9. The molecule has 1 rings (SSSR count). The highest BCUT2D eigenvalue weighted by Crippen LogP contribution is 2.06. The van der Waals surface area contributed by atoms with Crippen LogP contribution < -0.4 is 9.92 Å². The average molecular weight is 194 g/mol. The van der Waals surface area contributed by atoms with Gasteiger partial charge < -0.3 is 4.74 Å². The van der Waals surface area contributed by atoms with Gasteiger partial charge in [-0.15, -0.1) is 0 Å². The van der Waals surface area contributed by atoms with E-state index in [0.29, 0.717) is 0 Å². The number of rotatable bonds is 5. The van der Waals surface area contributed by atoms with Gasteiger partial charge in [0.25, 0.3) is 0 Å². The molecule has 0 aliphatic heterocycles. The van der Waals surface area contributed by atoms with Gasteiger partial charge in [0.1, 0.15) is 5.75 Å². The molecular weight excluding hydrogens is 176 g/mol. The molecule has 0 radical (unpaired) electrons. The summed E-state index contributed by atoms with van der Waals surface area (Å²) in [5.74, 6) is 0.997. The first-order valence-electron chi connectivity index (χ1n) is 5.08. The van der Waals surface area contributed by atoms with Crippen molar-refractivity contribution in [3.63, 3.8) is 0 Å². The highest BCUT2D eigenvalue weighted by Gasteiger charge is 1.94. The molecule has 0 unspecified atom stereocenters. The van der Waals surface area contributed by atoms with Crippen LogP contribution in [0.5, 0.6) is 5.75 Å². The van der Waals surface area contributed by atoms with Crippen molar-refractivity contribution in [1.29, 1.82) is 0 Å². The van der Waals surface area contributed by atoms with Crippen LogP contribution in [0.25, 0.3) is 0 Å². The molecule has 1 nitrogen and oxygen atoms in total. The summed E-state index contributed by atoms with van der Waals surface area (Å²) < 4.78 is 5.38. The summed E-state index contributed by atoms with van der Waals surface area (Å²) in [6.07, 6.45) is 1.32. The molecule has 13 heavy (non-hydrogen) atoms. The number of benzene rings is 1. The fourth-order valence-electron chi connectivity index (χ4n) is 1.30. The summed E-state index contributed by atoms with van der Waals surface area (Å²) in [4.78, 5) is 0. The van der Waals surface area contributed by atoms with E-state index in [1.54, 1.807) is 5.19 Å². The van der Waals surface area contributed by atoms with Crippen molar-refractivity contribution in [2.45, 2.75) is 26.3 Å². The predicted molar refractivity (Wildman–Crippen MR) is 60.9 cm³/mol. The van der Waals surface area contributed by atoms with Gasteiger partial charge in [-0.3, -0.25) is 0 Å². The van der Waals surface area contributed by atoms with E-state index in [-0.39, 0.29) is 9.52 Å². The molecular formula is C11H18OSi. The molecule has 0 atom stereocenters. The zero-order valence-corrected chi connectivity index (χ0v) is 9.96. The molecule has 0 bridgehead atoms. The van der Waals surface area contributed by atoms with E-state index >= 15 is 0 Å². The lowest BCUT2D eigenvalue weighted by Gasteiger charge is -2.03. The Balaban J connectivity index is 2.48. The number of hydrogen-bond donors (Lipinski definition) is 0. The van der Waals surface area contributed by atoms with Crippen molar-refractivity contribution >= 4 is 14.7 Å². The van der Waals surface area contributed by atoms with Gasteiger partial charge in [0.15, 0.2) is 0 Å². The largest absolute Gasteiger partial charge is 0.494 e. The van der Waals surface area contributed by atoms with E-state index in [1.807, 2.05) is 6.92 Å². The molecule has 0 aromatic heterocycles. The summed E-state index contributed by atoms with van der Waals surface area (Å²) >= 11 is 0. The Bertz CT molecular complexity index is 230. The standard InChI is InChI=1S/C11H18OSi/c1-3-9-13-11-7-5-10(6-8-11)12-4-2/h5-8H,3-4,9,13H2,1-2H3. The highest BCUT2D eigenvalue weighted by atomic mass is 28.2. The Morgan fingerprint density at radius 2 is 1.85 bits per heavy atom. The summed E-state index contributed by atoms with van der Waals surface area (Å²) in [5.41, 5.74) is 0. The SMILES string of the molecule is CCC[SiH2]c1ccc(OCC)cc1. The zero-order valence-electron chi connectivity index (χ0n) is 8.55. The molecule has 1 aromatic carbocycles. The van der Waals surface area contributed by atoms with Crippen molar-refractivity contribution in [3.05, 3.63) is 24.3 Å². The second-order valence-corrected chi connectivity index (χ2v) is 5.20. The minimum Gasteiger partial charge on any atom is -0.494 e. The van der Waals surface area contributed by atoms with Crippen LogP contribution in [0.3, 0.4) is 0 Å². The van der Waals surface area contributed by atoms with Gasteiger partial charge in [-0.1, -0.05) is 36.7 Å². The van der Waals surface area contributed by atoms with Crippen LogP contribution in [-0.4, -0.2) is 16.1 Å². The quantitative estimate of drug-likeness (QED) is 0.648. The predicted octanol–water partition coefficient (Wildman–Crippen LogP) is 1.71. The van der Waals surface area contributed by atoms with Gasteiger partial charge in [-0.05, 0) is 19.1 Å². The minimum atomic E-state index is 0.00308. The van der Waals surface area contributed by atoms with Crippen LogP contribution in [0.1, 0.15) is 20.3 Å². The summed E-state index contributed by atoms with van der Waals surface area (Å²) in [7, 11) is 0.00308. The molecule has 0 spiro atoms. The van der Waals surface area contributed by atoms with Gasteiger partial charge in [0.2, 0.25) is 0 Å². The fourth-order valence-corrected chi connectivity index (χ4v) is 2.63. The van der Waals surface area contributed by atoms with Gasteiger partial charge in [-0.2, -0.15) is 0 Å². The first-order valence-corrected chi connectivity index (χ1v) is 6.79. The van der Waals surface area contributed by atoms with E-state index in [2.05, 4.69) is 31.2 Å². The van der Waals surface area contributed by atoms with E-state index in [9.17, 15) is 0 Å². The maximum absolute atomic E-state index is 5.38. The molecule has 0 saturated heterocycles. The third-order valence-corrected chi connectivity index (χ3v) is 4.16. The van der Waals surface area contributed by atoms with E-state index in [1.165, 1.54) is 12.5 Å². The maximum Gasteiger partial charge on any atom is 0.119 e. The number of hydrogen-bond acceptors (Lipinski definition) is 1. The lowest BCUT2D eigenvalue weighted by Crippen LogP contribution is -2.12. The van der Waals surface area contributed by atoms with Gasteiger partial charge in [0, 0.05) is 0 Å². The van der Waals surface area contributed by atoms with Crippen LogP contribution in [0.15, 0.2) is 24.3 Å². The molecule has 0 aliphatic rings. The molecule has 0 N–H and O–H groups in total. The Labute approximate surface area is 82.9 Å². The third kappa shape index (κ3) is 3.64. The lowest BCUT2D eigenvalue weighted by atomic mass is 10.3. The molecule has 0 amide bonds. The van der Waals surface area contributed by atoms with Crippen LogP contribution in [0, 0.1) is 0 Å². The summed E-state index contributed by atoms with van der Waals surface area (Å²) in [6.45, 7) is 5.02. The monoisotopic (exact) mass is 194 g/mol. The van der Waals surface area contributed by atoms with Gasteiger partial charge >= 0.3 is 0 Å². The Morgan fingerprint density at radius 1 is 1.15 bits per heavy atom. The Kier molecular flexibility index (Phi) is 4.61. The average Bonchev–Trinajstić information content (AvgIpc) is 2.17. The van der Waals surface area contributed by atoms with Crippen molar-refractivity contribution in [3.8, 4) is 5.75 Å². The van der Waals surface area contributed by atoms with E-state index in [4.69, 9.17) is 4.74 Å². The molecule has 0 aliphatic carbocycles.